The minimum absolute atomic E-state index is 0.184. The molecule has 1 aliphatic heterocycles. The molecule has 0 amide bonds. The fourth-order valence-electron chi connectivity index (χ4n) is 2.15. The smallest absolute Gasteiger partial charge is 0.324 e. The van der Waals surface area contributed by atoms with Crippen molar-refractivity contribution in [2.45, 2.75) is 25.3 Å². The van der Waals surface area contributed by atoms with Crippen LogP contribution < -0.4 is 10.6 Å². The van der Waals surface area contributed by atoms with Crippen molar-refractivity contribution in [2.24, 2.45) is 5.92 Å². The van der Waals surface area contributed by atoms with Crippen LogP contribution in [-0.4, -0.2) is 36.8 Å². The zero-order valence-electron chi connectivity index (χ0n) is 8.26. The quantitative estimate of drug-likeness (QED) is 0.583. The average molecular weight is 186 g/mol. The van der Waals surface area contributed by atoms with Crippen LogP contribution in [0.2, 0.25) is 0 Å². The number of likely N-dealkylation sites (N-methyl/N-ethyl adjacent to an activating group) is 1. The van der Waals surface area contributed by atoms with E-state index < -0.39 is 11.5 Å². The summed E-state index contributed by atoms with van der Waals surface area (Å²) in [5.41, 5.74) is -0.708. The van der Waals surface area contributed by atoms with Crippen molar-refractivity contribution in [3.05, 3.63) is 0 Å². The molecule has 0 saturated carbocycles. The first kappa shape index (κ1) is 10.5. The molecular formula is C9H18N2O2. The van der Waals surface area contributed by atoms with Crippen LogP contribution in [-0.2, 0) is 4.79 Å². The lowest BCUT2D eigenvalue weighted by atomic mass is 9.77. The van der Waals surface area contributed by atoms with E-state index in [1.807, 2.05) is 6.92 Å². The largest absolute Gasteiger partial charge is 0.480 e. The van der Waals surface area contributed by atoms with Gasteiger partial charge in [-0.2, -0.15) is 0 Å². The van der Waals surface area contributed by atoms with Crippen LogP contribution >= 0.6 is 0 Å². The highest BCUT2D eigenvalue weighted by Gasteiger charge is 2.45. The molecule has 1 heterocycles. The van der Waals surface area contributed by atoms with Gasteiger partial charge in [0.05, 0.1) is 0 Å². The van der Waals surface area contributed by atoms with Crippen LogP contribution in [0.25, 0.3) is 0 Å². The van der Waals surface area contributed by atoms with Crippen molar-refractivity contribution in [3.8, 4) is 0 Å². The number of carboxylic acid groups (broad SMARTS) is 1. The number of rotatable bonds is 3. The first-order chi connectivity index (χ1) is 6.17. The third kappa shape index (κ3) is 1.69. The van der Waals surface area contributed by atoms with Gasteiger partial charge in [0.2, 0.25) is 0 Å². The standard InChI is InChI=1S/C9H18N2O2/c1-3-7-6-11-5-4-9(7,10-2)8(12)13/h7,10-11H,3-6H2,1-2H3,(H,12,13). The summed E-state index contributed by atoms with van der Waals surface area (Å²) in [4.78, 5) is 11.2. The highest BCUT2D eigenvalue weighted by atomic mass is 16.4. The molecule has 0 bridgehead atoms. The molecule has 1 rings (SSSR count). The van der Waals surface area contributed by atoms with Gasteiger partial charge in [0.15, 0.2) is 0 Å². The lowest BCUT2D eigenvalue weighted by Gasteiger charge is -2.40. The maximum Gasteiger partial charge on any atom is 0.324 e. The summed E-state index contributed by atoms with van der Waals surface area (Å²) < 4.78 is 0. The summed E-state index contributed by atoms with van der Waals surface area (Å²) in [7, 11) is 1.74. The Balaban J connectivity index is 2.84. The molecule has 1 saturated heterocycles. The molecule has 4 nitrogen and oxygen atoms in total. The normalized spacial score (nSPS) is 34.5. The highest BCUT2D eigenvalue weighted by Crippen LogP contribution is 2.26. The lowest BCUT2D eigenvalue weighted by molar-refractivity contribution is -0.148. The first-order valence-electron chi connectivity index (χ1n) is 4.80. The van der Waals surface area contributed by atoms with Crippen molar-refractivity contribution < 1.29 is 9.90 Å². The van der Waals surface area contributed by atoms with Gasteiger partial charge >= 0.3 is 5.97 Å². The summed E-state index contributed by atoms with van der Waals surface area (Å²) in [6, 6.07) is 0. The van der Waals surface area contributed by atoms with E-state index in [0.29, 0.717) is 6.42 Å². The van der Waals surface area contributed by atoms with E-state index in [-0.39, 0.29) is 5.92 Å². The van der Waals surface area contributed by atoms with Crippen LogP contribution in [0.3, 0.4) is 0 Å². The third-order valence-corrected chi connectivity index (χ3v) is 3.10. The van der Waals surface area contributed by atoms with E-state index >= 15 is 0 Å². The lowest BCUT2D eigenvalue weighted by Crippen LogP contribution is -2.62. The summed E-state index contributed by atoms with van der Waals surface area (Å²) in [5.74, 6) is -0.535. The van der Waals surface area contributed by atoms with Crippen LogP contribution in [0, 0.1) is 5.92 Å². The molecule has 0 radical (unpaired) electrons. The zero-order valence-corrected chi connectivity index (χ0v) is 8.26. The first-order valence-corrected chi connectivity index (χ1v) is 4.80. The molecule has 13 heavy (non-hydrogen) atoms. The predicted octanol–water partition coefficient (Wildman–Crippen LogP) is 0.0487. The van der Waals surface area contributed by atoms with Crippen molar-refractivity contribution in [3.63, 3.8) is 0 Å². The molecule has 0 aromatic carbocycles. The SMILES string of the molecule is CCC1CNCCC1(NC)C(=O)O. The van der Waals surface area contributed by atoms with Gasteiger partial charge in [0.1, 0.15) is 5.54 Å². The van der Waals surface area contributed by atoms with Gasteiger partial charge in [-0.3, -0.25) is 4.79 Å². The molecule has 1 fully saturated rings. The third-order valence-electron chi connectivity index (χ3n) is 3.10. The van der Waals surface area contributed by atoms with E-state index in [2.05, 4.69) is 10.6 Å². The molecule has 2 atom stereocenters. The van der Waals surface area contributed by atoms with Gasteiger partial charge in [0, 0.05) is 12.5 Å². The van der Waals surface area contributed by atoms with E-state index in [9.17, 15) is 9.90 Å². The number of piperidine rings is 1. The molecular weight excluding hydrogens is 168 g/mol. The molecule has 76 valence electrons. The zero-order chi connectivity index (χ0) is 9.90. The Bertz CT molecular complexity index is 196. The van der Waals surface area contributed by atoms with Crippen molar-refractivity contribution in [2.75, 3.05) is 20.1 Å². The molecule has 0 spiro atoms. The Morgan fingerprint density at radius 1 is 1.77 bits per heavy atom. The maximum atomic E-state index is 11.2. The number of carbonyl (C=O) groups is 1. The van der Waals surface area contributed by atoms with Crippen LogP contribution in [0.1, 0.15) is 19.8 Å². The molecule has 2 unspecified atom stereocenters. The number of hydrogen-bond donors (Lipinski definition) is 3. The Hall–Kier alpha value is -0.610. The summed E-state index contributed by atoms with van der Waals surface area (Å²) >= 11 is 0. The Morgan fingerprint density at radius 3 is 2.85 bits per heavy atom. The van der Waals surface area contributed by atoms with Crippen molar-refractivity contribution in [1.29, 1.82) is 0 Å². The van der Waals surface area contributed by atoms with Gasteiger partial charge < -0.3 is 15.7 Å². The number of carboxylic acids is 1. The molecule has 4 heteroatoms. The van der Waals surface area contributed by atoms with Crippen LogP contribution in [0.4, 0.5) is 0 Å². The fourth-order valence-corrected chi connectivity index (χ4v) is 2.15. The second-order valence-electron chi connectivity index (χ2n) is 3.59. The van der Waals surface area contributed by atoms with Gasteiger partial charge in [-0.05, 0) is 26.4 Å². The number of nitrogens with one attached hydrogen (secondary N) is 2. The molecule has 3 N–H and O–H groups in total. The van der Waals surface area contributed by atoms with E-state index in [4.69, 9.17) is 0 Å². The fraction of sp³-hybridized carbons (Fsp3) is 0.889. The number of hydrogen-bond acceptors (Lipinski definition) is 3. The van der Waals surface area contributed by atoms with Crippen LogP contribution in [0.15, 0.2) is 0 Å². The Morgan fingerprint density at radius 2 is 2.46 bits per heavy atom. The second-order valence-corrected chi connectivity index (χ2v) is 3.59. The van der Waals surface area contributed by atoms with Gasteiger partial charge in [-0.25, -0.2) is 0 Å². The van der Waals surface area contributed by atoms with Crippen molar-refractivity contribution >= 4 is 5.97 Å². The maximum absolute atomic E-state index is 11.2. The monoisotopic (exact) mass is 186 g/mol. The van der Waals surface area contributed by atoms with E-state index in [0.717, 1.165) is 19.5 Å². The van der Waals surface area contributed by atoms with Gasteiger partial charge in [-0.1, -0.05) is 6.92 Å². The topological polar surface area (TPSA) is 61.4 Å². The Kier molecular flexibility index (Phi) is 3.27. The second kappa shape index (κ2) is 4.07. The summed E-state index contributed by atoms with van der Waals surface area (Å²) in [6.45, 7) is 3.61. The van der Waals surface area contributed by atoms with E-state index in [1.165, 1.54) is 0 Å². The van der Waals surface area contributed by atoms with Crippen LogP contribution in [0.5, 0.6) is 0 Å². The predicted molar refractivity (Wildman–Crippen MR) is 50.7 cm³/mol. The summed E-state index contributed by atoms with van der Waals surface area (Å²) in [5, 5.41) is 15.4. The molecule has 1 aliphatic rings. The Labute approximate surface area is 78.7 Å². The minimum atomic E-state index is -0.719. The minimum Gasteiger partial charge on any atom is -0.480 e. The van der Waals surface area contributed by atoms with Crippen molar-refractivity contribution in [1.82, 2.24) is 10.6 Å². The number of aliphatic carboxylic acids is 1. The molecule has 0 aromatic heterocycles. The molecule has 0 aromatic rings. The van der Waals surface area contributed by atoms with Gasteiger partial charge in [0.25, 0.3) is 0 Å². The summed E-state index contributed by atoms with van der Waals surface area (Å²) in [6.07, 6.45) is 1.55. The highest BCUT2D eigenvalue weighted by molar-refractivity contribution is 5.79. The average Bonchev–Trinajstić information content (AvgIpc) is 2.17. The van der Waals surface area contributed by atoms with Gasteiger partial charge in [-0.15, -0.1) is 0 Å². The molecule has 0 aliphatic carbocycles. The van der Waals surface area contributed by atoms with E-state index in [1.54, 1.807) is 7.05 Å².